The molecule has 4 heterocycles. The number of nitrogen functional groups attached to an aromatic ring is 1. The number of aliphatic hydroxyl groups is 1. The lowest BCUT2D eigenvalue weighted by atomic mass is 9.72. The highest BCUT2D eigenvalue weighted by Crippen LogP contribution is 2.46. The number of nitrogens with zero attached hydrogens (tertiary/aromatic N) is 4. The number of carbonyl (C=O) groups excluding carboxylic acids is 3. The summed E-state index contributed by atoms with van der Waals surface area (Å²) < 4.78 is 30.0. The number of aliphatic hydroxyl groups excluding tert-OH is 1. The quantitative estimate of drug-likeness (QED) is 0.191. The molecule has 0 saturated carbocycles. The second-order valence-corrected chi connectivity index (χ2v) is 11.3. The molecule has 15 nitrogen and oxygen atoms in total. The largest absolute Gasteiger partial charge is 0.456 e. The molecule has 9 atom stereocenters. The van der Waals surface area contributed by atoms with Gasteiger partial charge >= 0.3 is 18.0 Å². The van der Waals surface area contributed by atoms with Gasteiger partial charge in [0.1, 0.15) is 29.6 Å². The van der Waals surface area contributed by atoms with E-state index in [9.17, 15) is 19.5 Å². The topological polar surface area (TPSA) is 203 Å². The Morgan fingerprint density at radius 2 is 2.09 bits per heavy atom. The van der Waals surface area contributed by atoms with E-state index < -0.39 is 72.1 Å². The summed E-state index contributed by atoms with van der Waals surface area (Å²) in [4.78, 5) is 41.9. The van der Waals surface area contributed by atoms with Crippen LogP contribution in [0.15, 0.2) is 53.8 Å². The van der Waals surface area contributed by atoms with Crippen molar-refractivity contribution in [1.82, 2.24) is 25.2 Å². The van der Waals surface area contributed by atoms with E-state index in [1.807, 2.05) is 31.2 Å². The van der Waals surface area contributed by atoms with Crippen LogP contribution in [0.25, 0.3) is 0 Å². The Morgan fingerprint density at radius 3 is 2.75 bits per heavy atom. The minimum atomic E-state index is -1.35. The first-order chi connectivity index (χ1) is 20.9. The van der Waals surface area contributed by atoms with E-state index in [0.717, 1.165) is 0 Å². The predicted octanol–water partition coefficient (Wildman–Crippen LogP) is 1.93. The van der Waals surface area contributed by atoms with Gasteiger partial charge in [-0.2, -0.15) is 0 Å². The van der Waals surface area contributed by atoms with E-state index in [2.05, 4.69) is 20.5 Å². The van der Waals surface area contributed by atoms with Gasteiger partial charge in [-0.05, 0) is 60.1 Å². The number of hydrogen-bond acceptors (Lipinski definition) is 13. The molecule has 0 saturated heterocycles. The van der Waals surface area contributed by atoms with Gasteiger partial charge in [-0.3, -0.25) is 0 Å². The van der Waals surface area contributed by atoms with Gasteiger partial charge in [-0.1, -0.05) is 37.2 Å². The highest BCUT2D eigenvalue weighted by atomic mass is 16.6. The molecular formula is C29H36N6O9. The summed E-state index contributed by atoms with van der Waals surface area (Å²) >= 11 is 0. The molecule has 0 amide bonds. The molecule has 15 heteroatoms. The lowest BCUT2D eigenvalue weighted by Gasteiger charge is -2.43. The Bertz CT molecular complexity index is 1480. The molecule has 44 heavy (non-hydrogen) atoms. The number of esters is 2. The minimum absolute atomic E-state index is 0.130. The van der Waals surface area contributed by atoms with Crippen molar-refractivity contribution < 1.29 is 43.2 Å². The van der Waals surface area contributed by atoms with Crippen LogP contribution in [-0.4, -0.2) is 91.7 Å². The second-order valence-electron chi connectivity index (χ2n) is 11.3. The van der Waals surface area contributed by atoms with E-state index in [1.165, 1.54) is 7.11 Å². The fraction of sp³-hybridized carbons (Fsp3) is 0.517. The first-order valence-corrected chi connectivity index (χ1v) is 14.2. The van der Waals surface area contributed by atoms with Crippen LogP contribution in [0.2, 0.25) is 0 Å². The lowest BCUT2D eigenvalue weighted by Crippen LogP contribution is -2.48. The van der Waals surface area contributed by atoms with E-state index >= 15 is 0 Å². The van der Waals surface area contributed by atoms with E-state index in [1.54, 1.807) is 39.1 Å². The Labute approximate surface area is 253 Å². The maximum atomic E-state index is 13.4. The van der Waals surface area contributed by atoms with Gasteiger partial charge < -0.3 is 39.5 Å². The standard InChI is InChI=1S/C29H36N6O9/c1-14-11-15(2)29-13-18(23(16(3)24(36)44-29)43-25(37)20-7-6-10-31-20)8-9-19(29)12-21(40-5)26(38)42-22(14)17(4)41-28(39)35-27(30)32-33-34-35/h6-11,13-14,16-17,19,21-24,31,36H,12H2,1-5H3,(H2,30,32,34)/b15-11+/t14?,16-,17?,19+,21-,22-,23+,24?,29?/m0/s1. The van der Waals surface area contributed by atoms with Gasteiger partial charge in [0.25, 0.3) is 5.95 Å². The van der Waals surface area contributed by atoms with E-state index in [0.29, 0.717) is 15.8 Å². The van der Waals surface area contributed by atoms with Crippen molar-refractivity contribution in [2.45, 2.75) is 70.4 Å². The molecule has 4 unspecified atom stereocenters. The molecule has 2 aromatic heterocycles. The lowest BCUT2D eigenvalue weighted by molar-refractivity contribution is -0.199. The first-order valence-electron chi connectivity index (χ1n) is 14.2. The number of tetrazole rings is 1. The smallest absolute Gasteiger partial charge is 0.439 e. The molecule has 2 bridgehead atoms. The third kappa shape index (κ3) is 5.77. The molecule has 4 N–H and O–H groups in total. The van der Waals surface area contributed by atoms with Crippen LogP contribution in [0.3, 0.4) is 0 Å². The normalized spacial score (nSPS) is 33.9. The molecular weight excluding hydrogens is 576 g/mol. The zero-order valence-corrected chi connectivity index (χ0v) is 24.9. The van der Waals surface area contributed by atoms with Gasteiger partial charge in [-0.25, -0.2) is 14.4 Å². The molecule has 1 aliphatic carbocycles. The summed E-state index contributed by atoms with van der Waals surface area (Å²) in [6.07, 6.45) is 3.06. The van der Waals surface area contributed by atoms with Crippen molar-refractivity contribution in [1.29, 1.82) is 0 Å². The van der Waals surface area contributed by atoms with Crippen LogP contribution in [0.5, 0.6) is 0 Å². The fourth-order valence-electron chi connectivity index (χ4n) is 5.98. The van der Waals surface area contributed by atoms with Crippen LogP contribution in [0, 0.1) is 17.8 Å². The zero-order chi connectivity index (χ0) is 31.8. The van der Waals surface area contributed by atoms with Crippen molar-refractivity contribution in [2.75, 3.05) is 12.8 Å². The van der Waals surface area contributed by atoms with E-state index in [-0.39, 0.29) is 18.1 Å². The number of H-pyrrole nitrogens is 1. The van der Waals surface area contributed by atoms with Gasteiger partial charge in [-0.15, -0.1) is 4.68 Å². The number of nitrogens with two attached hydrogens (primary N) is 1. The van der Waals surface area contributed by atoms with Crippen molar-refractivity contribution >= 4 is 24.0 Å². The van der Waals surface area contributed by atoms with Crippen molar-refractivity contribution in [3.63, 3.8) is 0 Å². The Balaban J connectivity index is 1.51. The summed E-state index contributed by atoms with van der Waals surface area (Å²) in [5.74, 6) is -3.14. The van der Waals surface area contributed by atoms with E-state index in [4.69, 9.17) is 29.4 Å². The van der Waals surface area contributed by atoms with Crippen LogP contribution in [0.1, 0.15) is 44.6 Å². The molecule has 2 aromatic rings. The van der Waals surface area contributed by atoms with Gasteiger partial charge in [0, 0.05) is 31.1 Å². The Morgan fingerprint density at radius 1 is 1.32 bits per heavy atom. The maximum absolute atomic E-state index is 13.4. The highest BCUT2D eigenvalue weighted by molar-refractivity contribution is 5.87. The number of carbonyl (C=O) groups is 3. The number of ether oxygens (including phenoxy) is 5. The zero-order valence-electron chi connectivity index (χ0n) is 24.9. The molecule has 0 aromatic carbocycles. The molecule has 236 valence electrons. The number of anilines is 1. The highest BCUT2D eigenvalue weighted by Gasteiger charge is 2.50. The monoisotopic (exact) mass is 612 g/mol. The average Bonchev–Trinajstić information content (AvgIpc) is 3.67. The summed E-state index contributed by atoms with van der Waals surface area (Å²) in [7, 11) is 1.39. The third-order valence-corrected chi connectivity index (χ3v) is 8.41. The van der Waals surface area contributed by atoms with Crippen LogP contribution < -0.4 is 5.73 Å². The van der Waals surface area contributed by atoms with Crippen LogP contribution >= 0.6 is 0 Å². The van der Waals surface area contributed by atoms with Gasteiger partial charge in [0.15, 0.2) is 12.4 Å². The number of nitrogens with one attached hydrogen (secondary N) is 1. The number of hydrogen-bond donors (Lipinski definition) is 3. The summed E-state index contributed by atoms with van der Waals surface area (Å²) in [6, 6.07) is 3.29. The Kier molecular flexibility index (Phi) is 8.72. The Hall–Kier alpha value is -4.34. The summed E-state index contributed by atoms with van der Waals surface area (Å²) in [6.45, 7) is 6.95. The summed E-state index contributed by atoms with van der Waals surface area (Å²) in [5, 5.41) is 21.7. The molecule has 0 fully saturated rings. The molecule has 2 aliphatic heterocycles. The molecule has 0 radical (unpaired) electrons. The predicted molar refractivity (Wildman–Crippen MR) is 151 cm³/mol. The number of methoxy groups -OCH3 is 1. The van der Waals surface area contributed by atoms with Gasteiger partial charge in [0.05, 0.1) is 0 Å². The first kappa shape index (κ1) is 31.1. The maximum Gasteiger partial charge on any atom is 0.439 e. The van der Waals surface area contributed by atoms with Crippen molar-refractivity contribution in [3.8, 4) is 0 Å². The number of aromatic amines is 1. The molecule has 3 aliphatic rings. The average molecular weight is 613 g/mol. The number of cyclic esters (lactones) is 1. The van der Waals surface area contributed by atoms with Crippen molar-refractivity contribution in [3.05, 3.63) is 59.5 Å². The SMILES string of the molecule is CO[C@H]1C[C@H]2C=CC3=CC2(OC(O)[C@@H](C)[C@H]3OC(=O)c2ccc[nH]2)/C(C)=C/C(C)[C@@H](C(C)OC(=O)n2nnnc2N)OC1=O. The van der Waals surface area contributed by atoms with Crippen LogP contribution in [0.4, 0.5) is 10.7 Å². The van der Waals surface area contributed by atoms with Crippen LogP contribution in [-0.2, 0) is 28.5 Å². The molecule has 5 rings (SSSR count). The molecule has 1 spiro atoms. The van der Waals surface area contributed by atoms with Crippen molar-refractivity contribution in [2.24, 2.45) is 17.8 Å². The van der Waals surface area contributed by atoms with Gasteiger partial charge in [0.2, 0.25) is 0 Å². The second kappa shape index (κ2) is 12.3. The third-order valence-electron chi connectivity index (χ3n) is 8.41. The summed E-state index contributed by atoms with van der Waals surface area (Å²) in [5.41, 5.74) is 6.00. The number of rotatable bonds is 5. The number of aromatic nitrogens is 5. The minimum Gasteiger partial charge on any atom is -0.456 e. The fourth-order valence-corrected chi connectivity index (χ4v) is 5.98.